The lowest BCUT2D eigenvalue weighted by atomic mass is 10.3. The molecule has 0 radical (unpaired) electrons. The van der Waals surface area contributed by atoms with Gasteiger partial charge < -0.3 is 4.74 Å². The van der Waals surface area contributed by atoms with Crippen molar-refractivity contribution in [2.45, 2.75) is 20.8 Å². The number of hydrogen-bond donors (Lipinski definition) is 0. The molecule has 0 aliphatic heterocycles. The first-order valence-corrected chi connectivity index (χ1v) is 3.61. The molecule has 0 rings (SSSR count). The average Bonchev–Trinajstić information content (AvgIpc) is 2.03. The van der Waals surface area contributed by atoms with E-state index in [9.17, 15) is 0 Å². The molecular formula is C9H17NO. The number of rotatable bonds is 2. The van der Waals surface area contributed by atoms with Crippen molar-refractivity contribution in [3.63, 3.8) is 0 Å². The molecule has 2 nitrogen and oxygen atoms in total. The molecule has 64 valence electrons. The summed E-state index contributed by atoms with van der Waals surface area (Å²) in [6, 6.07) is 0. The third-order valence-electron chi connectivity index (χ3n) is 0.767. The van der Waals surface area contributed by atoms with E-state index in [1.54, 1.807) is 7.11 Å². The molecule has 0 atom stereocenters. The predicted octanol–water partition coefficient (Wildman–Crippen LogP) is 2.78. The summed E-state index contributed by atoms with van der Waals surface area (Å²) in [5, 5.41) is 0. The van der Waals surface area contributed by atoms with E-state index in [0.717, 1.165) is 5.57 Å². The first-order chi connectivity index (χ1) is 5.22. The standard InChI is InChI=1S/C7H11NO.C2H6/c1-5-8-7(9-4)6(2)3;1-2/h5H,1-2H2,3-4H3;1-2H3. The van der Waals surface area contributed by atoms with Crippen LogP contribution in [0.25, 0.3) is 0 Å². The summed E-state index contributed by atoms with van der Waals surface area (Å²) in [6.07, 6.45) is 1.42. The monoisotopic (exact) mass is 155 g/mol. The maximum absolute atomic E-state index is 4.83. The van der Waals surface area contributed by atoms with Crippen LogP contribution < -0.4 is 0 Å². The van der Waals surface area contributed by atoms with Crippen molar-refractivity contribution >= 4 is 5.90 Å². The lowest BCUT2D eigenvalue weighted by Gasteiger charge is -1.99. The third-order valence-corrected chi connectivity index (χ3v) is 0.767. The van der Waals surface area contributed by atoms with Gasteiger partial charge in [0.05, 0.1) is 7.11 Å². The lowest BCUT2D eigenvalue weighted by Crippen LogP contribution is -2.00. The third kappa shape index (κ3) is 6.84. The van der Waals surface area contributed by atoms with Crippen molar-refractivity contribution in [1.82, 2.24) is 0 Å². The molecule has 0 aliphatic carbocycles. The second kappa shape index (κ2) is 8.95. The minimum atomic E-state index is 0.532. The molecule has 0 aromatic heterocycles. The Morgan fingerprint density at radius 2 is 1.91 bits per heavy atom. The predicted molar refractivity (Wildman–Crippen MR) is 50.8 cm³/mol. The van der Waals surface area contributed by atoms with Gasteiger partial charge in [-0.1, -0.05) is 27.0 Å². The van der Waals surface area contributed by atoms with Gasteiger partial charge in [-0.05, 0) is 6.92 Å². The molecule has 0 bridgehead atoms. The Kier molecular flexibility index (Phi) is 10.3. The van der Waals surface area contributed by atoms with Gasteiger partial charge in [0, 0.05) is 11.8 Å². The summed E-state index contributed by atoms with van der Waals surface area (Å²) >= 11 is 0. The van der Waals surface area contributed by atoms with Crippen molar-refractivity contribution in [1.29, 1.82) is 0 Å². The highest BCUT2D eigenvalue weighted by molar-refractivity contribution is 5.92. The molecule has 11 heavy (non-hydrogen) atoms. The Morgan fingerprint density at radius 3 is 2.00 bits per heavy atom. The SMILES string of the molecule is C=CN=C(OC)C(=C)C.CC. The fourth-order valence-corrected chi connectivity index (χ4v) is 0.420. The topological polar surface area (TPSA) is 21.6 Å². The van der Waals surface area contributed by atoms with Crippen LogP contribution in [-0.2, 0) is 4.74 Å². The molecule has 0 amide bonds. The van der Waals surface area contributed by atoms with E-state index in [1.165, 1.54) is 6.20 Å². The summed E-state index contributed by atoms with van der Waals surface area (Å²) in [4.78, 5) is 3.80. The molecule has 0 saturated heterocycles. The zero-order valence-electron chi connectivity index (χ0n) is 7.85. The van der Waals surface area contributed by atoms with Crippen molar-refractivity contribution < 1.29 is 4.74 Å². The first kappa shape index (κ1) is 12.6. The number of nitrogens with zero attached hydrogens (tertiary/aromatic N) is 1. The normalized spacial score (nSPS) is 9.27. The Balaban J connectivity index is 0. The van der Waals surface area contributed by atoms with E-state index >= 15 is 0 Å². The van der Waals surface area contributed by atoms with E-state index in [1.807, 2.05) is 20.8 Å². The minimum Gasteiger partial charge on any atom is -0.481 e. The molecule has 0 aromatic rings. The molecular weight excluding hydrogens is 138 g/mol. The summed E-state index contributed by atoms with van der Waals surface area (Å²) < 4.78 is 4.83. The van der Waals surface area contributed by atoms with E-state index < -0.39 is 0 Å². The highest BCUT2D eigenvalue weighted by atomic mass is 16.5. The molecule has 0 saturated carbocycles. The van der Waals surface area contributed by atoms with Gasteiger partial charge in [0.2, 0.25) is 5.90 Å². The second-order valence-corrected chi connectivity index (χ2v) is 1.60. The van der Waals surface area contributed by atoms with Gasteiger partial charge in [-0.3, -0.25) is 0 Å². The molecule has 0 N–H and O–H groups in total. The maximum atomic E-state index is 4.83. The molecule has 0 unspecified atom stereocenters. The van der Waals surface area contributed by atoms with Crippen LogP contribution in [0.5, 0.6) is 0 Å². The van der Waals surface area contributed by atoms with Gasteiger partial charge in [0.1, 0.15) is 0 Å². The largest absolute Gasteiger partial charge is 0.481 e. The van der Waals surface area contributed by atoms with Gasteiger partial charge in [-0.25, -0.2) is 4.99 Å². The Bertz CT molecular complexity index is 148. The molecule has 0 aromatic carbocycles. The smallest absolute Gasteiger partial charge is 0.215 e. The van der Waals surface area contributed by atoms with Crippen LogP contribution in [0.1, 0.15) is 20.8 Å². The fourth-order valence-electron chi connectivity index (χ4n) is 0.420. The minimum absolute atomic E-state index is 0.532. The van der Waals surface area contributed by atoms with Crippen LogP contribution in [0, 0.1) is 0 Å². The lowest BCUT2D eigenvalue weighted by molar-refractivity contribution is 0.404. The van der Waals surface area contributed by atoms with Crippen molar-refractivity contribution in [2.75, 3.05) is 7.11 Å². The van der Waals surface area contributed by atoms with Gasteiger partial charge in [0.15, 0.2) is 0 Å². The van der Waals surface area contributed by atoms with E-state index in [-0.39, 0.29) is 0 Å². The van der Waals surface area contributed by atoms with Crippen LogP contribution in [0.15, 0.2) is 29.9 Å². The van der Waals surface area contributed by atoms with Gasteiger partial charge in [-0.2, -0.15) is 0 Å². The zero-order chi connectivity index (χ0) is 9.28. The highest BCUT2D eigenvalue weighted by Crippen LogP contribution is 1.93. The van der Waals surface area contributed by atoms with Crippen LogP contribution in [-0.4, -0.2) is 13.0 Å². The molecule has 2 heteroatoms. The van der Waals surface area contributed by atoms with Crippen LogP contribution in [0.2, 0.25) is 0 Å². The highest BCUT2D eigenvalue weighted by Gasteiger charge is 1.93. The molecule has 0 aliphatic rings. The van der Waals surface area contributed by atoms with E-state index in [2.05, 4.69) is 18.2 Å². The molecule has 0 fully saturated rings. The zero-order valence-corrected chi connectivity index (χ0v) is 7.85. The van der Waals surface area contributed by atoms with Crippen molar-refractivity contribution in [3.05, 3.63) is 24.9 Å². The fraction of sp³-hybridized carbons (Fsp3) is 0.444. The Morgan fingerprint density at radius 1 is 1.45 bits per heavy atom. The van der Waals surface area contributed by atoms with Crippen molar-refractivity contribution in [3.8, 4) is 0 Å². The second-order valence-electron chi connectivity index (χ2n) is 1.60. The molecule has 0 heterocycles. The summed E-state index contributed by atoms with van der Waals surface area (Å²) in [5.41, 5.74) is 0.803. The average molecular weight is 155 g/mol. The van der Waals surface area contributed by atoms with E-state index in [4.69, 9.17) is 4.74 Å². The number of hydrogen-bond acceptors (Lipinski definition) is 2. The number of aliphatic imine (C=N–C) groups is 1. The summed E-state index contributed by atoms with van der Waals surface area (Å²) in [6.45, 7) is 12.9. The van der Waals surface area contributed by atoms with Gasteiger partial charge >= 0.3 is 0 Å². The first-order valence-electron chi connectivity index (χ1n) is 3.61. The van der Waals surface area contributed by atoms with Crippen LogP contribution in [0.3, 0.4) is 0 Å². The Hall–Kier alpha value is -1.05. The number of ether oxygens (including phenoxy) is 1. The van der Waals surface area contributed by atoms with E-state index in [0.29, 0.717) is 5.90 Å². The van der Waals surface area contributed by atoms with Gasteiger partial charge in [-0.15, -0.1) is 0 Å². The molecule has 0 spiro atoms. The quantitative estimate of drug-likeness (QED) is 0.444. The summed E-state index contributed by atoms with van der Waals surface area (Å²) in [5.74, 6) is 0.532. The summed E-state index contributed by atoms with van der Waals surface area (Å²) in [7, 11) is 1.55. The van der Waals surface area contributed by atoms with Gasteiger partial charge in [0.25, 0.3) is 0 Å². The van der Waals surface area contributed by atoms with Crippen molar-refractivity contribution in [2.24, 2.45) is 4.99 Å². The van der Waals surface area contributed by atoms with Crippen LogP contribution in [0.4, 0.5) is 0 Å². The van der Waals surface area contributed by atoms with Crippen LogP contribution >= 0.6 is 0 Å². The maximum Gasteiger partial charge on any atom is 0.215 e. The number of methoxy groups -OCH3 is 1. The Labute approximate surface area is 69.3 Å².